The molecule has 0 saturated heterocycles. The third kappa shape index (κ3) is 4.45. The van der Waals surface area contributed by atoms with Crippen molar-refractivity contribution in [2.75, 3.05) is 0 Å². The zero-order chi connectivity index (χ0) is 25.1. The van der Waals surface area contributed by atoms with E-state index in [-0.39, 0.29) is 30.0 Å². The normalized spacial score (nSPS) is 11.5. The molecule has 1 N–H and O–H groups in total. The predicted molar refractivity (Wildman–Crippen MR) is 131 cm³/mol. The fourth-order valence-electron chi connectivity index (χ4n) is 4.38. The summed E-state index contributed by atoms with van der Waals surface area (Å²) in [7, 11) is 0. The number of nitrogens with one attached hydrogen (secondary N) is 1. The zero-order valence-corrected chi connectivity index (χ0v) is 20.2. The maximum Gasteiger partial charge on any atom is 0.330 e. The number of nitrogens with zero attached hydrogens (tertiary/aromatic N) is 5. The second-order valence-corrected chi connectivity index (χ2v) is 8.38. The van der Waals surface area contributed by atoms with Gasteiger partial charge in [0, 0.05) is 19.6 Å². The van der Waals surface area contributed by atoms with Gasteiger partial charge < -0.3 is 9.30 Å². The predicted octanol–water partition coefficient (Wildman–Crippen LogP) is 1.98. The van der Waals surface area contributed by atoms with Gasteiger partial charge in [0.05, 0.1) is 11.0 Å². The standard InChI is InChI=1S/C24H30N6O5/c1-4-7-13-29-21-20(22(32)26-23(29)33)27(6-3)18(25-21)15-35-19(31)14-30-17-11-9-8-10-16(17)28(12-5-2)24(30)34/h8-11H,4-7,12-15H2,1-3H3,(H,26,32,33). The summed E-state index contributed by atoms with van der Waals surface area (Å²) in [5, 5.41) is 0. The molecule has 0 spiro atoms. The Morgan fingerprint density at radius 3 is 2.31 bits per heavy atom. The highest BCUT2D eigenvalue weighted by atomic mass is 16.5. The van der Waals surface area contributed by atoms with Crippen LogP contribution in [0.4, 0.5) is 0 Å². The van der Waals surface area contributed by atoms with Gasteiger partial charge in [-0.15, -0.1) is 0 Å². The molecule has 3 heterocycles. The van der Waals surface area contributed by atoms with Crippen LogP contribution in [0.1, 0.15) is 45.9 Å². The molecule has 0 saturated carbocycles. The molecule has 11 heteroatoms. The van der Waals surface area contributed by atoms with Crippen LogP contribution in [0.25, 0.3) is 22.2 Å². The average molecular weight is 483 g/mol. The fourth-order valence-corrected chi connectivity index (χ4v) is 4.38. The van der Waals surface area contributed by atoms with Gasteiger partial charge in [-0.1, -0.05) is 32.4 Å². The number of hydrogen-bond acceptors (Lipinski definition) is 6. The highest BCUT2D eigenvalue weighted by molar-refractivity contribution is 5.79. The summed E-state index contributed by atoms with van der Waals surface area (Å²) in [5.41, 5.74) is 0.673. The number of esters is 1. The van der Waals surface area contributed by atoms with Gasteiger partial charge >= 0.3 is 17.3 Å². The molecule has 0 bridgehead atoms. The van der Waals surface area contributed by atoms with Gasteiger partial charge in [0.1, 0.15) is 19.0 Å². The van der Waals surface area contributed by atoms with Gasteiger partial charge in [0.15, 0.2) is 11.2 Å². The molecule has 0 amide bonds. The highest BCUT2D eigenvalue weighted by Gasteiger charge is 2.20. The number of rotatable bonds is 10. The molecule has 4 rings (SSSR count). The largest absolute Gasteiger partial charge is 0.456 e. The van der Waals surface area contributed by atoms with E-state index in [0.29, 0.717) is 31.0 Å². The number of aromatic nitrogens is 6. The van der Waals surface area contributed by atoms with E-state index in [4.69, 9.17) is 4.74 Å². The Kier molecular flexibility index (Phi) is 7.04. The van der Waals surface area contributed by atoms with Crippen molar-refractivity contribution in [1.82, 2.24) is 28.2 Å². The Hall–Kier alpha value is -3.89. The van der Waals surface area contributed by atoms with Gasteiger partial charge in [-0.3, -0.25) is 28.3 Å². The first kappa shape index (κ1) is 24.2. The average Bonchev–Trinajstić information content (AvgIpc) is 3.34. The molecule has 4 aromatic rings. The number of carbonyl (C=O) groups excluding carboxylic acids is 1. The van der Waals surface area contributed by atoms with Crippen LogP contribution >= 0.6 is 0 Å². The van der Waals surface area contributed by atoms with Crippen LogP contribution < -0.4 is 16.9 Å². The van der Waals surface area contributed by atoms with E-state index in [1.807, 2.05) is 39.0 Å². The van der Waals surface area contributed by atoms with E-state index in [9.17, 15) is 19.2 Å². The van der Waals surface area contributed by atoms with E-state index in [1.54, 1.807) is 15.2 Å². The first-order chi connectivity index (χ1) is 16.9. The van der Waals surface area contributed by atoms with E-state index < -0.39 is 17.2 Å². The lowest BCUT2D eigenvalue weighted by Crippen LogP contribution is -2.31. The SMILES string of the molecule is CCCCn1c(=O)[nH]c(=O)c2c1nc(COC(=O)Cn1c(=O)n(CCC)c3ccccc31)n2CC. The molecule has 35 heavy (non-hydrogen) atoms. The molecule has 186 valence electrons. The molecule has 0 atom stereocenters. The smallest absolute Gasteiger partial charge is 0.330 e. The van der Waals surface area contributed by atoms with E-state index >= 15 is 0 Å². The molecule has 0 radical (unpaired) electrons. The quantitative estimate of drug-likeness (QED) is 0.345. The van der Waals surface area contributed by atoms with Crippen LogP contribution in [0.5, 0.6) is 0 Å². The van der Waals surface area contributed by atoms with Crippen molar-refractivity contribution >= 4 is 28.2 Å². The lowest BCUT2D eigenvalue weighted by molar-refractivity contribution is -0.146. The summed E-state index contributed by atoms with van der Waals surface area (Å²) in [6.07, 6.45) is 2.42. The molecule has 0 fully saturated rings. The minimum absolute atomic E-state index is 0.189. The van der Waals surface area contributed by atoms with Crippen molar-refractivity contribution in [2.24, 2.45) is 0 Å². The second kappa shape index (κ2) is 10.2. The number of fused-ring (bicyclic) bond motifs is 2. The summed E-state index contributed by atoms with van der Waals surface area (Å²) in [5.74, 6) is -0.239. The minimum Gasteiger partial charge on any atom is -0.456 e. The number of imidazole rings is 2. The van der Waals surface area contributed by atoms with Crippen molar-refractivity contribution < 1.29 is 9.53 Å². The Morgan fingerprint density at radius 2 is 1.66 bits per heavy atom. The molecule has 0 aliphatic carbocycles. The van der Waals surface area contributed by atoms with Crippen LogP contribution in [-0.4, -0.2) is 34.2 Å². The number of hydrogen-bond donors (Lipinski definition) is 1. The topological polar surface area (TPSA) is 126 Å². The Bertz CT molecular complexity index is 1550. The first-order valence-electron chi connectivity index (χ1n) is 12.0. The molecule has 11 nitrogen and oxygen atoms in total. The number of aromatic amines is 1. The first-order valence-corrected chi connectivity index (χ1v) is 12.0. The maximum atomic E-state index is 12.9. The minimum atomic E-state index is -0.599. The van der Waals surface area contributed by atoms with Crippen LogP contribution in [0.2, 0.25) is 0 Å². The fraction of sp³-hybridized carbons (Fsp3) is 0.458. The molecular formula is C24H30N6O5. The number of aryl methyl sites for hydroxylation is 3. The number of benzene rings is 1. The van der Waals surface area contributed by atoms with E-state index in [1.165, 1.54) is 9.13 Å². The Balaban J connectivity index is 1.62. The lowest BCUT2D eigenvalue weighted by atomic mass is 10.3. The molecule has 0 unspecified atom stereocenters. The highest BCUT2D eigenvalue weighted by Crippen LogP contribution is 2.15. The third-order valence-corrected chi connectivity index (χ3v) is 6.04. The van der Waals surface area contributed by atoms with Crippen molar-refractivity contribution in [3.05, 3.63) is 61.4 Å². The van der Waals surface area contributed by atoms with Gasteiger partial charge in [0.2, 0.25) is 0 Å². The maximum absolute atomic E-state index is 12.9. The summed E-state index contributed by atoms with van der Waals surface area (Å²) in [4.78, 5) is 57.4. The number of H-pyrrole nitrogens is 1. The third-order valence-electron chi connectivity index (χ3n) is 6.04. The van der Waals surface area contributed by atoms with Crippen LogP contribution in [-0.2, 0) is 42.3 Å². The van der Waals surface area contributed by atoms with Crippen molar-refractivity contribution in [2.45, 2.75) is 72.8 Å². The van der Waals surface area contributed by atoms with Crippen molar-refractivity contribution in [1.29, 1.82) is 0 Å². The summed E-state index contributed by atoms with van der Waals surface area (Å²) in [6, 6.07) is 7.33. The Morgan fingerprint density at radius 1 is 0.943 bits per heavy atom. The zero-order valence-electron chi connectivity index (χ0n) is 20.2. The van der Waals surface area contributed by atoms with Gasteiger partial charge in [-0.2, -0.15) is 0 Å². The molecular weight excluding hydrogens is 452 g/mol. The van der Waals surface area contributed by atoms with E-state index in [0.717, 1.165) is 24.8 Å². The summed E-state index contributed by atoms with van der Waals surface area (Å²) >= 11 is 0. The molecule has 0 aliphatic rings. The van der Waals surface area contributed by atoms with Gasteiger partial charge in [0.25, 0.3) is 5.56 Å². The molecule has 0 aliphatic heterocycles. The van der Waals surface area contributed by atoms with Crippen LogP contribution in [0.3, 0.4) is 0 Å². The molecule has 3 aromatic heterocycles. The van der Waals surface area contributed by atoms with Gasteiger partial charge in [-0.05, 0) is 31.9 Å². The summed E-state index contributed by atoms with van der Waals surface area (Å²) in [6.45, 7) is 6.78. The monoisotopic (exact) mass is 482 g/mol. The van der Waals surface area contributed by atoms with Crippen LogP contribution in [0.15, 0.2) is 38.6 Å². The van der Waals surface area contributed by atoms with Gasteiger partial charge in [-0.25, -0.2) is 14.6 Å². The number of ether oxygens (including phenoxy) is 1. The summed E-state index contributed by atoms with van der Waals surface area (Å²) < 4.78 is 11.6. The van der Waals surface area contributed by atoms with Crippen LogP contribution in [0, 0.1) is 0 Å². The van der Waals surface area contributed by atoms with Crippen molar-refractivity contribution in [3.63, 3.8) is 0 Å². The van der Waals surface area contributed by atoms with E-state index in [2.05, 4.69) is 9.97 Å². The second-order valence-electron chi connectivity index (χ2n) is 8.38. The number of para-hydroxylation sites is 2. The van der Waals surface area contributed by atoms with Crippen molar-refractivity contribution in [3.8, 4) is 0 Å². The lowest BCUT2D eigenvalue weighted by Gasteiger charge is -2.08. The number of unbranched alkanes of at least 4 members (excludes halogenated alkanes) is 1. The molecule has 1 aromatic carbocycles. The number of carbonyl (C=O) groups is 1. The Labute approximate surface area is 200 Å².